The van der Waals surface area contributed by atoms with Gasteiger partial charge in [0.25, 0.3) is 11.8 Å². The summed E-state index contributed by atoms with van der Waals surface area (Å²) in [5.74, 6) is -0.988. The summed E-state index contributed by atoms with van der Waals surface area (Å²) < 4.78 is 0.407. The van der Waals surface area contributed by atoms with E-state index in [1.807, 2.05) is 75.4 Å². The molecule has 0 saturated carbocycles. The van der Waals surface area contributed by atoms with Crippen molar-refractivity contribution in [3.05, 3.63) is 99.5 Å². The summed E-state index contributed by atoms with van der Waals surface area (Å²) in [7, 11) is 0. The van der Waals surface area contributed by atoms with Crippen LogP contribution in [0.5, 0.6) is 0 Å². The molecule has 8 heteroatoms. The average Bonchev–Trinajstić information content (AvgIpc) is 3.30. The minimum Gasteiger partial charge on any atom is -0.324 e. The van der Waals surface area contributed by atoms with Crippen LogP contribution < -0.4 is 10.2 Å². The zero-order valence-electron chi connectivity index (χ0n) is 20.7. The van der Waals surface area contributed by atoms with Gasteiger partial charge in [-0.3, -0.25) is 24.2 Å². The highest BCUT2D eigenvalue weighted by atomic mass is 32.2. The second-order valence-electron chi connectivity index (χ2n) is 9.17. The molecule has 37 heavy (non-hydrogen) atoms. The summed E-state index contributed by atoms with van der Waals surface area (Å²) in [6.45, 7) is 6.02. The molecule has 0 unspecified atom stereocenters. The van der Waals surface area contributed by atoms with Crippen molar-refractivity contribution in [2.24, 2.45) is 0 Å². The third kappa shape index (κ3) is 4.70. The van der Waals surface area contributed by atoms with Crippen LogP contribution in [0.25, 0.3) is 5.57 Å². The number of benzene rings is 3. The molecule has 0 aliphatic carbocycles. The molecule has 0 spiro atoms. The van der Waals surface area contributed by atoms with Crippen molar-refractivity contribution in [2.45, 2.75) is 27.3 Å². The molecule has 3 amide bonds. The van der Waals surface area contributed by atoms with E-state index in [1.165, 1.54) is 9.80 Å². The summed E-state index contributed by atoms with van der Waals surface area (Å²) >= 11 is 6.67. The second-order valence-corrected chi connectivity index (χ2v) is 10.8. The van der Waals surface area contributed by atoms with Gasteiger partial charge in [0, 0.05) is 11.3 Å². The van der Waals surface area contributed by atoms with Crippen molar-refractivity contribution in [3.63, 3.8) is 0 Å². The van der Waals surface area contributed by atoms with Crippen LogP contribution in [-0.2, 0) is 20.9 Å². The molecule has 1 saturated heterocycles. The first-order valence-corrected chi connectivity index (χ1v) is 13.1. The van der Waals surface area contributed by atoms with E-state index in [2.05, 4.69) is 5.32 Å². The number of carbonyl (C=O) groups is 3. The number of hydrogen-bond donors (Lipinski definition) is 1. The minimum atomic E-state index is -0.381. The highest BCUT2D eigenvalue weighted by molar-refractivity contribution is 8.26. The Hall–Kier alpha value is -3.75. The molecule has 0 radical (unpaired) electrons. The fourth-order valence-electron chi connectivity index (χ4n) is 4.55. The number of nitrogens with zero attached hydrogens (tertiary/aromatic N) is 2. The lowest BCUT2D eigenvalue weighted by Crippen LogP contribution is -2.36. The van der Waals surface area contributed by atoms with Crippen LogP contribution in [0, 0.1) is 20.8 Å². The lowest BCUT2D eigenvalue weighted by Gasteiger charge is -2.18. The normalized spacial score (nSPS) is 17.0. The van der Waals surface area contributed by atoms with Crippen molar-refractivity contribution in [2.75, 3.05) is 16.8 Å². The molecule has 1 N–H and O–H groups in total. The molecule has 2 aliphatic rings. The monoisotopic (exact) mass is 527 g/mol. The summed E-state index contributed by atoms with van der Waals surface area (Å²) in [6.07, 6.45) is 0. The molecule has 0 atom stereocenters. The Bertz CT molecular complexity index is 1470. The Morgan fingerprint density at radius 3 is 2.24 bits per heavy atom. The quantitative estimate of drug-likeness (QED) is 0.357. The smallest absolute Gasteiger partial charge is 0.267 e. The van der Waals surface area contributed by atoms with Crippen LogP contribution in [0.1, 0.15) is 27.8 Å². The van der Waals surface area contributed by atoms with Gasteiger partial charge in [-0.25, -0.2) is 0 Å². The van der Waals surface area contributed by atoms with Crippen LogP contribution in [0.2, 0.25) is 0 Å². The fourth-order valence-corrected chi connectivity index (χ4v) is 5.88. The Balaban J connectivity index is 1.43. The van der Waals surface area contributed by atoms with E-state index in [0.29, 0.717) is 32.6 Å². The molecule has 6 nitrogen and oxygen atoms in total. The number of amides is 3. The molecule has 0 bridgehead atoms. The van der Waals surface area contributed by atoms with Gasteiger partial charge in [0.1, 0.15) is 10.9 Å². The lowest BCUT2D eigenvalue weighted by atomic mass is 10.1. The number of rotatable bonds is 5. The number of nitrogens with one attached hydrogen (secondary N) is 1. The Morgan fingerprint density at radius 1 is 0.865 bits per heavy atom. The van der Waals surface area contributed by atoms with E-state index < -0.39 is 0 Å². The highest BCUT2D eigenvalue weighted by Crippen LogP contribution is 2.44. The summed E-state index contributed by atoms with van der Waals surface area (Å²) in [5, 5.41) is 2.95. The van der Waals surface area contributed by atoms with Gasteiger partial charge in [-0.2, -0.15) is 0 Å². The van der Waals surface area contributed by atoms with Gasteiger partial charge in [-0.1, -0.05) is 90.2 Å². The standard InChI is InChI=1S/C29H25N3O3S2/c1-17-11-13-20(14-12-17)15-32-28(35)26(37-29(32)36)24-21-9-4-5-10-22(21)31(27(24)34)16-23(33)30-25-18(2)7-6-8-19(25)3/h4-14H,15-16H2,1-3H3,(H,30,33)/b26-24-. The number of anilines is 2. The van der Waals surface area contributed by atoms with E-state index in [9.17, 15) is 14.4 Å². The van der Waals surface area contributed by atoms with Crippen molar-refractivity contribution in [3.8, 4) is 0 Å². The van der Waals surface area contributed by atoms with Crippen LogP contribution in [0.4, 0.5) is 11.4 Å². The van der Waals surface area contributed by atoms with E-state index in [4.69, 9.17) is 12.2 Å². The molecular weight excluding hydrogens is 502 g/mol. The molecule has 2 aliphatic heterocycles. The number of carbonyl (C=O) groups excluding carboxylic acids is 3. The number of hydrogen-bond acceptors (Lipinski definition) is 5. The third-order valence-electron chi connectivity index (χ3n) is 6.51. The maximum Gasteiger partial charge on any atom is 0.267 e. The number of para-hydroxylation sites is 2. The predicted octanol–water partition coefficient (Wildman–Crippen LogP) is 5.37. The Morgan fingerprint density at radius 2 is 1.54 bits per heavy atom. The predicted molar refractivity (Wildman–Crippen MR) is 152 cm³/mol. The summed E-state index contributed by atoms with van der Waals surface area (Å²) in [4.78, 5) is 43.5. The van der Waals surface area contributed by atoms with E-state index in [1.54, 1.807) is 12.1 Å². The van der Waals surface area contributed by atoms with Crippen LogP contribution >= 0.6 is 24.0 Å². The van der Waals surface area contributed by atoms with E-state index in [0.717, 1.165) is 39.7 Å². The van der Waals surface area contributed by atoms with Crippen molar-refractivity contribution < 1.29 is 14.4 Å². The molecule has 186 valence electrons. The number of thiocarbonyl (C=S) groups is 1. The van der Waals surface area contributed by atoms with Crippen LogP contribution in [0.3, 0.4) is 0 Å². The van der Waals surface area contributed by atoms with E-state index in [-0.39, 0.29) is 24.3 Å². The fraction of sp³-hybridized carbons (Fsp3) is 0.172. The number of thioether (sulfide) groups is 1. The SMILES string of the molecule is Cc1ccc(CN2C(=O)/C(=C3/C(=O)N(CC(=O)Nc4c(C)cccc4C)c4ccccc43)SC2=S)cc1. The molecule has 2 heterocycles. The number of aryl methyl sites for hydroxylation is 3. The topological polar surface area (TPSA) is 69.7 Å². The van der Waals surface area contributed by atoms with Gasteiger partial charge < -0.3 is 5.32 Å². The Labute approximate surface area is 225 Å². The third-order valence-corrected chi connectivity index (χ3v) is 7.96. The zero-order chi connectivity index (χ0) is 26.3. The first kappa shape index (κ1) is 24.9. The minimum absolute atomic E-state index is 0.170. The lowest BCUT2D eigenvalue weighted by molar-refractivity contribution is -0.122. The van der Waals surface area contributed by atoms with Gasteiger partial charge in [0.2, 0.25) is 5.91 Å². The van der Waals surface area contributed by atoms with Crippen LogP contribution in [0.15, 0.2) is 71.6 Å². The van der Waals surface area contributed by atoms with Gasteiger partial charge in [0.05, 0.1) is 22.7 Å². The van der Waals surface area contributed by atoms with Crippen molar-refractivity contribution in [1.82, 2.24) is 4.90 Å². The van der Waals surface area contributed by atoms with Crippen molar-refractivity contribution in [1.29, 1.82) is 0 Å². The largest absolute Gasteiger partial charge is 0.324 e. The maximum atomic E-state index is 13.7. The molecule has 5 rings (SSSR count). The van der Waals surface area contributed by atoms with Gasteiger partial charge in [-0.15, -0.1) is 0 Å². The van der Waals surface area contributed by atoms with Gasteiger partial charge >= 0.3 is 0 Å². The van der Waals surface area contributed by atoms with Gasteiger partial charge in [0.15, 0.2) is 0 Å². The maximum absolute atomic E-state index is 13.7. The molecule has 0 aromatic heterocycles. The molecule has 3 aromatic rings. The zero-order valence-corrected chi connectivity index (χ0v) is 22.3. The molecule has 1 fully saturated rings. The number of fused-ring (bicyclic) bond motifs is 1. The first-order valence-electron chi connectivity index (χ1n) is 11.9. The second kappa shape index (κ2) is 9.95. The first-order chi connectivity index (χ1) is 17.7. The summed E-state index contributed by atoms with van der Waals surface area (Å²) in [6, 6.07) is 20.9. The molecular formula is C29H25N3O3S2. The average molecular weight is 528 g/mol. The summed E-state index contributed by atoms with van der Waals surface area (Å²) in [5.41, 5.74) is 6.23. The Kier molecular flexibility index (Phi) is 6.70. The highest BCUT2D eigenvalue weighted by Gasteiger charge is 2.42. The molecule has 3 aromatic carbocycles. The van der Waals surface area contributed by atoms with Crippen LogP contribution in [-0.4, -0.2) is 33.5 Å². The van der Waals surface area contributed by atoms with Gasteiger partial charge in [-0.05, 0) is 43.5 Å². The van der Waals surface area contributed by atoms with E-state index >= 15 is 0 Å². The van der Waals surface area contributed by atoms with Crippen molar-refractivity contribution >= 4 is 63.0 Å².